The largest absolute Gasteiger partial charge is 0.309 e. The van der Waals surface area contributed by atoms with Gasteiger partial charge in [0, 0.05) is 121 Å². The Balaban J connectivity index is 0.683. The predicted octanol–water partition coefficient (Wildman–Crippen LogP) is 28.6. The van der Waals surface area contributed by atoms with Crippen molar-refractivity contribution >= 4 is 171 Å². The Kier molecular flexibility index (Phi) is 13.1. The number of hydrogen-bond donors (Lipinski definition) is 0. The van der Waals surface area contributed by atoms with Gasteiger partial charge in [-0.1, -0.05) is 182 Å². The van der Waals surface area contributed by atoms with Gasteiger partial charge in [0.25, 0.3) is 0 Å². The number of thiophene rings is 3. The van der Waals surface area contributed by atoms with E-state index in [4.69, 9.17) is 4.98 Å². The van der Waals surface area contributed by atoms with Gasteiger partial charge in [-0.3, -0.25) is 4.98 Å². The van der Waals surface area contributed by atoms with Gasteiger partial charge in [-0.15, -0.1) is 34.0 Å². The number of benzene rings is 16. The molecule has 23 rings (SSSR count). The quantitative estimate of drug-likeness (QED) is 0.142. The first-order valence-electron chi connectivity index (χ1n) is 36.1. The fourth-order valence-electron chi connectivity index (χ4n) is 17.4. The molecule has 0 radical (unpaired) electrons. The van der Waals surface area contributed by atoms with Gasteiger partial charge in [0.15, 0.2) is 0 Å². The highest BCUT2D eigenvalue weighted by Crippen LogP contribution is 2.47. The van der Waals surface area contributed by atoms with Gasteiger partial charge in [-0.25, -0.2) is 0 Å². The summed E-state index contributed by atoms with van der Waals surface area (Å²) >= 11 is 5.59. The summed E-state index contributed by atoms with van der Waals surface area (Å²) in [6.45, 7) is 0. The average Bonchev–Trinajstić information content (AvgIpc) is 1.43. The second-order valence-corrected chi connectivity index (χ2v) is 31.4. The monoisotopic (exact) mass is 1400 g/mol. The van der Waals surface area contributed by atoms with E-state index in [0.29, 0.717) is 0 Å². The van der Waals surface area contributed by atoms with Crippen LogP contribution in [0.1, 0.15) is 0 Å². The molecule has 7 heteroatoms. The number of nitrogens with zero attached hydrogens (tertiary/aromatic N) is 4. The molecule has 0 spiro atoms. The number of pyridine rings is 1. The van der Waals surface area contributed by atoms with Gasteiger partial charge >= 0.3 is 0 Å². The Morgan fingerprint density at radius 2 is 0.500 bits per heavy atom. The Labute approximate surface area is 620 Å². The first kappa shape index (κ1) is 59.5. The molecule has 23 aromatic rings. The summed E-state index contributed by atoms with van der Waals surface area (Å²) < 4.78 is 15.2. The first-order chi connectivity index (χ1) is 52.5. The Morgan fingerprint density at radius 3 is 0.915 bits per heavy atom. The molecule has 0 fully saturated rings. The molecule has 492 valence electrons. The van der Waals surface area contributed by atoms with Crippen LogP contribution in [0.4, 0.5) is 0 Å². The number of fused-ring (bicyclic) bond motifs is 19. The van der Waals surface area contributed by atoms with E-state index < -0.39 is 0 Å². The summed E-state index contributed by atoms with van der Waals surface area (Å²) in [5.41, 5.74) is 25.0. The van der Waals surface area contributed by atoms with E-state index >= 15 is 0 Å². The summed E-state index contributed by atoms with van der Waals surface area (Å²) in [5, 5.41) is 16.2. The fourth-order valence-corrected chi connectivity index (χ4v) is 20.6. The Bertz CT molecular complexity index is 7680. The number of hydrogen-bond acceptors (Lipinski definition) is 4. The molecule has 106 heavy (non-hydrogen) atoms. The zero-order chi connectivity index (χ0) is 69.2. The second kappa shape index (κ2) is 23.2. The highest BCUT2D eigenvalue weighted by Gasteiger charge is 2.23. The number of aromatic nitrogens is 4. The lowest BCUT2D eigenvalue weighted by Crippen LogP contribution is -1.97. The molecule has 7 aromatic heterocycles. The Morgan fingerprint density at radius 1 is 0.189 bits per heavy atom. The summed E-state index contributed by atoms with van der Waals surface area (Å²) in [5.74, 6) is 0. The lowest BCUT2D eigenvalue weighted by atomic mass is 9.90. The maximum Gasteiger partial charge on any atom is 0.0720 e. The van der Waals surface area contributed by atoms with Crippen LogP contribution in [0, 0.1) is 0 Å². The molecule has 0 amide bonds. The third-order valence-corrected chi connectivity index (χ3v) is 25.7. The maximum atomic E-state index is 5.37. The van der Waals surface area contributed by atoms with Crippen LogP contribution in [0.5, 0.6) is 0 Å². The zero-order valence-electron chi connectivity index (χ0n) is 57.0. The molecular weight excluding hydrogens is 1340 g/mol. The molecule has 0 bridgehead atoms. The van der Waals surface area contributed by atoms with E-state index in [1.54, 1.807) is 0 Å². The molecule has 0 saturated carbocycles. The molecule has 16 aromatic carbocycles. The minimum atomic E-state index is 0.917. The van der Waals surface area contributed by atoms with Crippen LogP contribution in [-0.4, -0.2) is 18.7 Å². The summed E-state index contributed by atoms with van der Waals surface area (Å²) in [4.78, 5) is 5.37. The maximum absolute atomic E-state index is 5.37. The van der Waals surface area contributed by atoms with Gasteiger partial charge in [0.2, 0.25) is 0 Å². The highest BCUT2D eigenvalue weighted by atomic mass is 32.1. The van der Waals surface area contributed by atoms with Crippen molar-refractivity contribution in [1.82, 2.24) is 18.7 Å². The molecule has 4 nitrogen and oxygen atoms in total. The van der Waals surface area contributed by atoms with Crippen molar-refractivity contribution in [3.05, 3.63) is 352 Å². The fraction of sp³-hybridized carbons (Fsp3) is 0. The molecule has 0 aliphatic heterocycles. The zero-order valence-corrected chi connectivity index (χ0v) is 59.4. The lowest BCUT2D eigenvalue weighted by molar-refractivity contribution is 1.18. The van der Waals surface area contributed by atoms with Crippen LogP contribution in [0.3, 0.4) is 0 Å². The molecule has 0 aliphatic rings. The predicted molar refractivity (Wildman–Crippen MR) is 456 cm³/mol. The molecule has 0 N–H and O–H groups in total. The summed E-state index contributed by atoms with van der Waals surface area (Å²) in [6.07, 6.45) is 2.00. The third kappa shape index (κ3) is 9.20. The van der Waals surface area contributed by atoms with Crippen molar-refractivity contribution in [3.8, 4) is 83.8 Å². The van der Waals surface area contributed by atoms with Crippen molar-refractivity contribution in [2.45, 2.75) is 0 Å². The number of rotatable bonds is 9. The SMILES string of the molecule is c1cc(-c2cc(-c3cccc(-n4c5ccccc5c5cc(-c6ccc7sc8ccccc8c7c6)ccc54)c3)c3c(-c4cccc(-n5c6ccccc6c6cc(-c7ccc8sc9ccccc9c8c7)ccc65)c4)ccnc3c2)cc(-n2c3ccccc3c3cc(-c4ccc5sc6ccccc6c5c4)ccc32)c1. The average molecular weight is 1400 g/mol. The minimum Gasteiger partial charge on any atom is -0.309 e. The molecule has 7 heterocycles. The normalized spacial score (nSPS) is 12.2. The van der Waals surface area contributed by atoms with E-state index in [1.165, 1.54) is 126 Å². The first-order valence-corrected chi connectivity index (χ1v) is 38.6. The third-order valence-electron chi connectivity index (χ3n) is 22.3. The summed E-state index contributed by atoms with van der Waals surface area (Å²) in [6, 6.07) is 129. The minimum absolute atomic E-state index is 0.917. The van der Waals surface area contributed by atoms with E-state index in [0.717, 1.165) is 94.4 Å². The smallest absolute Gasteiger partial charge is 0.0720 e. The van der Waals surface area contributed by atoms with Crippen LogP contribution in [0.15, 0.2) is 352 Å². The van der Waals surface area contributed by atoms with Gasteiger partial charge in [0.05, 0.1) is 38.6 Å². The van der Waals surface area contributed by atoms with E-state index in [-0.39, 0.29) is 0 Å². The van der Waals surface area contributed by atoms with Gasteiger partial charge in [0.1, 0.15) is 0 Å². The van der Waals surface area contributed by atoms with Crippen molar-refractivity contribution in [2.75, 3.05) is 0 Å². The van der Waals surface area contributed by atoms with E-state index in [9.17, 15) is 0 Å². The lowest BCUT2D eigenvalue weighted by Gasteiger charge is -2.17. The molecule has 0 atom stereocenters. The van der Waals surface area contributed by atoms with Crippen molar-refractivity contribution in [2.24, 2.45) is 0 Å². The second-order valence-electron chi connectivity index (χ2n) is 28.1. The van der Waals surface area contributed by atoms with Crippen LogP contribution in [-0.2, 0) is 0 Å². The Hall–Kier alpha value is -13.0. The highest BCUT2D eigenvalue weighted by molar-refractivity contribution is 7.26. The van der Waals surface area contributed by atoms with Gasteiger partial charge in [-0.2, -0.15) is 0 Å². The van der Waals surface area contributed by atoms with Gasteiger partial charge in [-0.05, 0) is 231 Å². The topological polar surface area (TPSA) is 27.7 Å². The van der Waals surface area contributed by atoms with E-state index in [2.05, 4.69) is 359 Å². The van der Waals surface area contributed by atoms with Gasteiger partial charge < -0.3 is 13.7 Å². The molecular formula is C99H58N4S3. The number of para-hydroxylation sites is 3. The summed E-state index contributed by atoms with van der Waals surface area (Å²) in [7, 11) is 0. The van der Waals surface area contributed by atoms with E-state index in [1.807, 2.05) is 40.2 Å². The molecule has 0 aliphatic carbocycles. The van der Waals surface area contributed by atoms with Crippen LogP contribution in [0.25, 0.3) is 221 Å². The molecule has 0 unspecified atom stereocenters. The van der Waals surface area contributed by atoms with Crippen LogP contribution in [0.2, 0.25) is 0 Å². The van der Waals surface area contributed by atoms with Crippen molar-refractivity contribution < 1.29 is 0 Å². The van der Waals surface area contributed by atoms with Crippen molar-refractivity contribution in [1.29, 1.82) is 0 Å². The molecule has 0 saturated heterocycles. The van der Waals surface area contributed by atoms with Crippen molar-refractivity contribution in [3.63, 3.8) is 0 Å². The standard InChI is InChI=1S/C99H58N4S3/c1-7-28-87-73(22-1)80-51-60(63-37-43-96-83(54-63)76-25-4-10-31-93(76)104-96)34-40-90(80)101(87)69-19-13-16-59(48-69)68-57-79(67-18-15-21-71(50-67)103-89-30-9-3-24-75(89)82-53-62(36-42-92(82)103)65-39-45-98-85(56-65)78-27-6-12-33-95(78)106-98)99-72(46-47-100-86(99)58-68)66-17-14-20-70(49-66)102-88-29-8-2-23-74(88)81-52-61(35-41-91(81)102)64-38-44-97-84(55-64)77-26-5-11-32-94(77)105-97/h1-58H. The van der Waals surface area contributed by atoms with Crippen LogP contribution < -0.4 is 0 Å². The van der Waals surface area contributed by atoms with Crippen LogP contribution >= 0.6 is 34.0 Å².